The van der Waals surface area contributed by atoms with Crippen molar-refractivity contribution in [3.05, 3.63) is 95.6 Å². The van der Waals surface area contributed by atoms with Crippen LogP contribution in [0.4, 0.5) is 0 Å². The highest BCUT2D eigenvalue weighted by Crippen LogP contribution is 2.33. The lowest BCUT2D eigenvalue weighted by molar-refractivity contribution is -0.152. The van der Waals surface area contributed by atoms with Crippen LogP contribution in [0.5, 0.6) is 11.5 Å². The first kappa shape index (κ1) is 23.0. The summed E-state index contributed by atoms with van der Waals surface area (Å²) < 4.78 is 15.7. The largest absolute Gasteiger partial charge is 0.497 e. The number of nitrogens with zero attached hydrogens (tertiary/aromatic N) is 2. The summed E-state index contributed by atoms with van der Waals surface area (Å²) in [6.07, 6.45) is 0.625. The smallest absolute Gasteiger partial charge is 0.310 e. The molecule has 0 radical (unpaired) electrons. The first-order valence-corrected chi connectivity index (χ1v) is 10.9. The second-order valence-corrected chi connectivity index (χ2v) is 7.83. The minimum absolute atomic E-state index is 0.0672. The van der Waals surface area contributed by atoms with Crippen molar-refractivity contribution in [1.29, 1.82) is 0 Å². The van der Waals surface area contributed by atoms with Gasteiger partial charge >= 0.3 is 5.97 Å². The average Bonchev–Trinajstić information content (AvgIpc) is 3.34. The van der Waals surface area contributed by atoms with Crippen LogP contribution in [-0.4, -0.2) is 43.4 Å². The molecule has 0 saturated heterocycles. The van der Waals surface area contributed by atoms with Crippen LogP contribution in [0.25, 0.3) is 0 Å². The van der Waals surface area contributed by atoms with E-state index in [1.165, 1.54) is 5.01 Å². The molecule has 1 atom stereocenters. The number of rotatable bonds is 8. The second-order valence-electron chi connectivity index (χ2n) is 7.83. The van der Waals surface area contributed by atoms with Gasteiger partial charge in [0.25, 0.3) is 5.91 Å². The van der Waals surface area contributed by atoms with Gasteiger partial charge < -0.3 is 14.2 Å². The van der Waals surface area contributed by atoms with E-state index >= 15 is 0 Å². The Morgan fingerprint density at radius 3 is 2.12 bits per heavy atom. The molecule has 0 fully saturated rings. The van der Waals surface area contributed by atoms with E-state index in [9.17, 15) is 9.59 Å². The van der Waals surface area contributed by atoms with Crippen molar-refractivity contribution in [1.82, 2.24) is 5.01 Å². The zero-order valence-corrected chi connectivity index (χ0v) is 19.1. The molecule has 1 heterocycles. The summed E-state index contributed by atoms with van der Waals surface area (Å²) in [6, 6.07) is 24.1. The van der Waals surface area contributed by atoms with Crippen molar-refractivity contribution in [2.75, 3.05) is 20.8 Å². The number of hydrogen-bond donors (Lipinski definition) is 0. The highest BCUT2D eigenvalue weighted by molar-refractivity contribution is 6.03. The third-order valence-corrected chi connectivity index (χ3v) is 5.64. The minimum atomic E-state index is -0.481. The van der Waals surface area contributed by atoms with E-state index in [-0.39, 0.29) is 25.0 Å². The van der Waals surface area contributed by atoms with Gasteiger partial charge in [0.1, 0.15) is 11.5 Å². The first-order valence-electron chi connectivity index (χ1n) is 10.9. The molecule has 1 aliphatic rings. The number of amides is 1. The summed E-state index contributed by atoms with van der Waals surface area (Å²) in [4.78, 5) is 25.4. The fourth-order valence-corrected chi connectivity index (χ4v) is 3.80. The molecule has 7 heteroatoms. The van der Waals surface area contributed by atoms with E-state index in [0.29, 0.717) is 12.2 Å². The molecule has 4 rings (SSSR count). The van der Waals surface area contributed by atoms with Crippen LogP contribution < -0.4 is 9.47 Å². The normalized spacial score (nSPS) is 14.9. The van der Waals surface area contributed by atoms with Gasteiger partial charge in [0.15, 0.2) is 6.61 Å². The Labute approximate surface area is 198 Å². The zero-order chi connectivity index (χ0) is 23.9. The Bertz CT molecular complexity index is 1160. The van der Waals surface area contributed by atoms with Crippen LogP contribution in [0, 0.1) is 0 Å². The molecule has 34 heavy (non-hydrogen) atoms. The van der Waals surface area contributed by atoms with E-state index in [1.807, 2.05) is 54.6 Å². The van der Waals surface area contributed by atoms with Gasteiger partial charge in [-0.15, -0.1) is 0 Å². The Morgan fingerprint density at radius 2 is 1.50 bits per heavy atom. The molecule has 0 bridgehead atoms. The van der Waals surface area contributed by atoms with E-state index in [1.54, 1.807) is 38.5 Å². The Kier molecular flexibility index (Phi) is 7.22. The summed E-state index contributed by atoms with van der Waals surface area (Å²) in [5.41, 5.74) is 3.46. The summed E-state index contributed by atoms with van der Waals surface area (Å²) in [7, 11) is 3.19. The van der Waals surface area contributed by atoms with Crippen molar-refractivity contribution < 1.29 is 23.8 Å². The fraction of sp³-hybridized carbons (Fsp3) is 0.222. The molecule has 0 unspecified atom stereocenters. The number of methoxy groups -OCH3 is 2. The number of hydrogen-bond acceptors (Lipinski definition) is 6. The summed E-state index contributed by atoms with van der Waals surface area (Å²) >= 11 is 0. The molecule has 174 valence electrons. The maximum absolute atomic E-state index is 13.1. The fourth-order valence-electron chi connectivity index (χ4n) is 3.80. The van der Waals surface area contributed by atoms with Crippen LogP contribution >= 0.6 is 0 Å². The Hall–Kier alpha value is -4.13. The molecule has 0 N–H and O–H groups in total. The van der Waals surface area contributed by atoms with Crippen LogP contribution in [0.2, 0.25) is 0 Å². The van der Waals surface area contributed by atoms with Gasteiger partial charge in [0, 0.05) is 6.42 Å². The number of carbonyl (C=O) groups excluding carboxylic acids is 2. The van der Waals surface area contributed by atoms with Gasteiger partial charge in [-0.2, -0.15) is 5.10 Å². The number of esters is 1. The van der Waals surface area contributed by atoms with Crippen LogP contribution in [0.1, 0.15) is 29.2 Å². The van der Waals surface area contributed by atoms with Gasteiger partial charge in [-0.25, -0.2) is 5.01 Å². The van der Waals surface area contributed by atoms with Crippen LogP contribution in [0.15, 0.2) is 84.0 Å². The van der Waals surface area contributed by atoms with E-state index in [0.717, 1.165) is 28.2 Å². The number of benzene rings is 3. The maximum Gasteiger partial charge on any atom is 0.310 e. The summed E-state index contributed by atoms with van der Waals surface area (Å²) in [6.45, 7) is -0.382. The van der Waals surface area contributed by atoms with Gasteiger partial charge in [-0.05, 0) is 41.0 Å². The third kappa shape index (κ3) is 5.43. The SMILES string of the molecule is COc1ccc(CC(=O)OCC(=O)N2N=C(c3ccccc3)C[C@@H]2c2ccc(OC)cc2)cc1. The van der Waals surface area contributed by atoms with E-state index in [2.05, 4.69) is 5.10 Å². The molecule has 1 amide bonds. The van der Waals surface area contributed by atoms with Crippen molar-refractivity contribution in [3.8, 4) is 11.5 Å². The van der Waals surface area contributed by atoms with Gasteiger partial charge in [0.2, 0.25) is 0 Å². The monoisotopic (exact) mass is 458 g/mol. The molecule has 1 aliphatic heterocycles. The number of ether oxygens (including phenoxy) is 3. The lowest BCUT2D eigenvalue weighted by atomic mass is 9.98. The molecular weight excluding hydrogens is 432 g/mol. The standard InChI is InChI=1S/C27H26N2O5/c1-32-22-12-8-19(9-13-22)16-27(31)34-18-26(30)29-25(21-10-14-23(33-2)15-11-21)17-24(28-29)20-6-4-3-5-7-20/h3-15,25H,16-18H2,1-2H3/t25-/m1/s1. The lowest BCUT2D eigenvalue weighted by Crippen LogP contribution is -2.31. The predicted octanol–water partition coefficient (Wildman–Crippen LogP) is 4.17. The van der Waals surface area contributed by atoms with Gasteiger partial charge in [-0.3, -0.25) is 9.59 Å². The first-order chi connectivity index (χ1) is 16.6. The average molecular weight is 459 g/mol. The minimum Gasteiger partial charge on any atom is -0.497 e. The topological polar surface area (TPSA) is 77.4 Å². The molecule has 3 aromatic rings. The highest BCUT2D eigenvalue weighted by Gasteiger charge is 2.33. The molecule has 0 aliphatic carbocycles. The van der Waals surface area contributed by atoms with Crippen molar-refractivity contribution in [2.24, 2.45) is 5.10 Å². The Morgan fingerprint density at radius 1 is 0.882 bits per heavy atom. The van der Waals surface area contributed by atoms with E-state index < -0.39 is 5.97 Å². The molecular formula is C27H26N2O5. The quantitative estimate of drug-likeness (QED) is 0.474. The van der Waals surface area contributed by atoms with Gasteiger partial charge in [0.05, 0.1) is 32.4 Å². The second kappa shape index (κ2) is 10.7. The Balaban J connectivity index is 1.46. The van der Waals surface area contributed by atoms with E-state index in [4.69, 9.17) is 14.2 Å². The van der Waals surface area contributed by atoms with Crippen molar-refractivity contribution in [3.63, 3.8) is 0 Å². The summed E-state index contributed by atoms with van der Waals surface area (Å²) in [5.74, 6) is 0.579. The van der Waals surface area contributed by atoms with Crippen LogP contribution in [0.3, 0.4) is 0 Å². The highest BCUT2D eigenvalue weighted by atomic mass is 16.5. The number of hydrazone groups is 1. The summed E-state index contributed by atoms with van der Waals surface area (Å²) in [5, 5.41) is 6.03. The van der Waals surface area contributed by atoms with Crippen LogP contribution in [-0.2, 0) is 20.7 Å². The molecule has 0 spiro atoms. The molecule has 7 nitrogen and oxygen atoms in total. The third-order valence-electron chi connectivity index (χ3n) is 5.64. The molecule has 0 aromatic heterocycles. The molecule has 0 saturated carbocycles. The number of carbonyl (C=O) groups is 2. The maximum atomic E-state index is 13.1. The predicted molar refractivity (Wildman–Crippen MR) is 128 cm³/mol. The zero-order valence-electron chi connectivity index (χ0n) is 19.1. The van der Waals surface area contributed by atoms with Crippen molar-refractivity contribution in [2.45, 2.75) is 18.9 Å². The molecule has 3 aromatic carbocycles. The van der Waals surface area contributed by atoms with Gasteiger partial charge in [-0.1, -0.05) is 54.6 Å². The lowest BCUT2D eigenvalue weighted by Gasteiger charge is -2.22. The van der Waals surface area contributed by atoms with Crippen molar-refractivity contribution >= 4 is 17.6 Å².